The Bertz CT molecular complexity index is 426. The minimum Gasteiger partial charge on any atom is -0.393 e. The van der Waals surface area contributed by atoms with Gasteiger partial charge in [0.1, 0.15) is 5.69 Å². The zero-order valence-corrected chi connectivity index (χ0v) is 9.80. The highest BCUT2D eigenvalue weighted by atomic mass is 16.6. The maximum atomic E-state index is 11.0. The summed E-state index contributed by atoms with van der Waals surface area (Å²) in [7, 11) is 0. The topological polar surface area (TPSA) is 66.6 Å². The third-order valence-corrected chi connectivity index (χ3v) is 3.13. The Morgan fingerprint density at radius 1 is 1.41 bits per heavy atom. The van der Waals surface area contributed by atoms with E-state index in [1.165, 1.54) is 0 Å². The molecule has 0 saturated carbocycles. The number of aliphatic hydroxyl groups excluding tert-OH is 1. The van der Waals surface area contributed by atoms with Crippen molar-refractivity contribution in [1.82, 2.24) is 0 Å². The van der Waals surface area contributed by atoms with E-state index in [1.54, 1.807) is 12.1 Å². The first-order valence-corrected chi connectivity index (χ1v) is 5.76. The predicted molar refractivity (Wildman–Crippen MR) is 65.3 cm³/mol. The lowest BCUT2D eigenvalue weighted by Gasteiger charge is -2.31. The molecule has 0 unspecified atom stereocenters. The third kappa shape index (κ3) is 2.55. The van der Waals surface area contributed by atoms with Gasteiger partial charge in [0, 0.05) is 19.2 Å². The number of nitro benzene ring substituents is 1. The van der Waals surface area contributed by atoms with E-state index in [-0.39, 0.29) is 16.7 Å². The van der Waals surface area contributed by atoms with Crippen LogP contribution < -0.4 is 4.90 Å². The van der Waals surface area contributed by atoms with Crippen molar-refractivity contribution in [3.63, 3.8) is 0 Å². The van der Waals surface area contributed by atoms with Crippen LogP contribution >= 0.6 is 0 Å². The molecule has 1 aliphatic rings. The van der Waals surface area contributed by atoms with Gasteiger partial charge in [0.2, 0.25) is 0 Å². The van der Waals surface area contributed by atoms with Gasteiger partial charge in [-0.15, -0.1) is 0 Å². The molecule has 1 saturated heterocycles. The first-order chi connectivity index (χ1) is 8.08. The Morgan fingerprint density at radius 2 is 2.06 bits per heavy atom. The fraction of sp³-hybridized carbons (Fsp3) is 0.500. The molecule has 0 bridgehead atoms. The highest BCUT2D eigenvalue weighted by molar-refractivity contribution is 5.64. The molecule has 1 N–H and O–H groups in total. The smallest absolute Gasteiger partial charge is 0.292 e. The van der Waals surface area contributed by atoms with E-state index >= 15 is 0 Å². The summed E-state index contributed by atoms with van der Waals surface area (Å²) in [6, 6.07) is 5.14. The molecule has 5 nitrogen and oxygen atoms in total. The number of aryl methyl sites for hydroxylation is 1. The Labute approximate surface area is 99.8 Å². The molecule has 17 heavy (non-hydrogen) atoms. The van der Waals surface area contributed by atoms with E-state index < -0.39 is 0 Å². The zero-order chi connectivity index (χ0) is 12.4. The molecule has 1 fully saturated rings. The average molecular weight is 236 g/mol. The van der Waals surface area contributed by atoms with Crippen molar-refractivity contribution < 1.29 is 10.0 Å². The quantitative estimate of drug-likeness (QED) is 0.628. The van der Waals surface area contributed by atoms with Crippen LogP contribution in [0.2, 0.25) is 0 Å². The lowest BCUT2D eigenvalue weighted by Crippen LogP contribution is -2.36. The van der Waals surface area contributed by atoms with Gasteiger partial charge >= 0.3 is 0 Å². The number of hydrogen-bond donors (Lipinski definition) is 1. The molecule has 0 atom stereocenters. The van der Waals surface area contributed by atoms with Gasteiger partial charge in [0.15, 0.2) is 0 Å². The molecular weight excluding hydrogens is 220 g/mol. The van der Waals surface area contributed by atoms with E-state index in [9.17, 15) is 15.2 Å². The van der Waals surface area contributed by atoms with Crippen LogP contribution in [0.1, 0.15) is 18.4 Å². The molecule has 0 aromatic heterocycles. The van der Waals surface area contributed by atoms with E-state index in [0.717, 1.165) is 5.56 Å². The molecule has 92 valence electrons. The third-order valence-electron chi connectivity index (χ3n) is 3.13. The lowest BCUT2D eigenvalue weighted by atomic mass is 10.1. The van der Waals surface area contributed by atoms with Crippen molar-refractivity contribution >= 4 is 11.4 Å². The van der Waals surface area contributed by atoms with Gasteiger partial charge in [-0.2, -0.15) is 0 Å². The summed E-state index contributed by atoms with van der Waals surface area (Å²) >= 11 is 0. The summed E-state index contributed by atoms with van der Waals surface area (Å²) in [6.45, 7) is 3.27. The van der Waals surface area contributed by atoms with E-state index in [4.69, 9.17) is 0 Å². The van der Waals surface area contributed by atoms with Crippen LogP contribution in [0.25, 0.3) is 0 Å². The zero-order valence-electron chi connectivity index (χ0n) is 9.80. The number of benzene rings is 1. The highest BCUT2D eigenvalue weighted by Gasteiger charge is 2.23. The van der Waals surface area contributed by atoms with Crippen LogP contribution in [0.3, 0.4) is 0 Å². The maximum Gasteiger partial charge on any atom is 0.292 e. The van der Waals surface area contributed by atoms with Crippen LogP contribution in [-0.2, 0) is 0 Å². The van der Waals surface area contributed by atoms with Gasteiger partial charge in [0.25, 0.3) is 5.69 Å². The molecule has 1 aromatic carbocycles. The minimum atomic E-state index is -0.347. The standard InChI is InChI=1S/C12H16N2O3/c1-9-2-3-11(14(16)17)12(8-9)13-6-4-10(15)5-7-13/h2-3,8,10,15H,4-7H2,1H3. The predicted octanol–water partition coefficient (Wildman–Crippen LogP) is 1.86. The summed E-state index contributed by atoms with van der Waals surface area (Å²) in [6.07, 6.45) is 1.08. The molecule has 5 heteroatoms. The fourth-order valence-corrected chi connectivity index (χ4v) is 2.15. The van der Waals surface area contributed by atoms with Crippen LogP contribution in [0, 0.1) is 17.0 Å². The van der Waals surface area contributed by atoms with Crippen LogP contribution in [0.15, 0.2) is 18.2 Å². The lowest BCUT2D eigenvalue weighted by molar-refractivity contribution is -0.384. The monoisotopic (exact) mass is 236 g/mol. The Balaban J connectivity index is 2.30. The SMILES string of the molecule is Cc1ccc([N+](=O)[O-])c(N2CCC(O)CC2)c1. The van der Waals surface area contributed by atoms with E-state index in [2.05, 4.69) is 0 Å². The molecule has 2 rings (SSSR count). The number of hydrogen-bond acceptors (Lipinski definition) is 4. The van der Waals surface area contributed by atoms with Crippen molar-refractivity contribution in [3.05, 3.63) is 33.9 Å². The van der Waals surface area contributed by atoms with Crippen molar-refractivity contribution in [2.75, 3.05) is 18.0 Å². The van der Waals surface area contributed by atoms with Gasteiger partial charge in [-0.25, -0.2) is 0 Å². The normalized spacial score (nSPS) is 17.2. The molecule has 0 aliphatic carbocycles. The Hall–Kier alpha value is -1.62. The summed E-state index contributed by atoms with van der Waals surface area (Å²) in [5, 5.41) is 20.4. The molecule has 1 aliphatic heterocycles. The summed E-state index contributed by atoms with van der Waals surface area (Å²) in [4.78, 5) is 12.6. The molecule has 0 radical (unpaired) electrons. The van der Waals surface area contributed by atoms with Crippen molar-refractivity contribution in [2.24, 2.45) is 0 Å². The van der Waals surface area contributed by atoms with Crippen LogP contribution in [0.5, 0.6) is 0 Å². The van der Waals surface area contributed by atoms with Crippen molar-refractivity contribution in [2.45, 2.75) is 25.9 Å². The van der Waals surface area contributed by atoms with Gasteiger partial charge < -0.3 is 10.0 Å². The number of anilines is 1. The van der Waals surface area contributed by atoms with Crippen LogP contribution in [0.4, 0.5) is 11.4 Å². The first kappa shape index (κ1) is 11.9. The van der Waals surface area contributed by atoms with E-state index in [1.807, 2.05) is 17.9 Å². The van der Waals surface area contributed by atoms with Gasteiger partial charge in [-0.1, -0.05) is 6.07 Å². The molecule has 0 amide bonds. The number of piperidine rings is 1. The number of rotatable bonds is 2. The number of nitro groups is 1. The van der Waals surface area contributed by atoms with Gasteiger partial charge in [-0.3, -0.25) is 10.1 Å². The summed E-state index contributed by atoms with van der Waals surface area (Å²) < 4.78 is 0. The van der Waals surface area contributed by atoms with Crippen molar-refractivity contribution in [1.29, 1.82) is 0 Å². The average Bonchev–Trinajstić information content (AvgIpc) is 2.29. The summed E-state index contributed by atoms with van der Waals surface area (Å²) in [5.41, 5.74) is 1.82. The summed E-state index contributed by atoms with van der Waals surface area (Å²) in [5.74, 6) is 0. The Morgan fingerprint density at radius 3 is 2.65 bits per heavy atom. The fourth-order valence-electron chi connectivity index (χ4n) is 2.15. The van der Waals surface area contributed by atoms with E-state index in [0.29, 0.717) is 31.6 Å². The second-order valence-electron chi connectivity index (χ2n) is 4.47. The number of aliphatic hydroxyl groups is 1. The van der Waals surface area contributed by atoms with Gasteiger partial charge in [-0.05, 0) is 31.4 Å². The van der Waals surface area contributed by atoms with Crippen molar-refractivity contribution in [3.8, 4) is 0 Å². The molecule has 1 heterocycles. The number of nitrogens with zero attached hydrogens (tertiary/aromatic N) is 2. The molecule has 1 aromatic rings. The molecule has 0 spiro atoms. The molecular formula is C12H16N2O3. The highest BCUT2D eigenvalue weighted by Crippen LogP contribution is 2.31. The minimum absolute atomic E-state index is 0.145. The largest absolute Gasteiger partial charge is 0.393 e. The second kappa shape index (κ2) is 4.71. The van der Waals surface area contributed by atoms with Gasteiger partial charge in [0.05, 0.1) is 11.0 Å². The Kier molecular flexibility index (Phi) is 3.28. The van der Waals surface area contributed by atoms with Crippen LogP contribution in [-0.4, -0.2) is 29.2 Å². The maximum absolute atomic E-state index is 11.0. The second-order valence-corrected chi connectivity index (χ2v) is 4.47. The first-order valence-electron chi connectivity index (χ1n) is 5.76.